The van der Waals surface area contributed by atoms with Gasteiger partial charge in [0.1, 0.15) is 5.75 Å². The van der Waals surface area contributed by atoms with E-state index < -0.39 is 12.1 Å². The zero-order valence-corrected chi connectivity index (χ0v) is 11.5. The van der Waals surface area contributed by atoms with Crippen LogP contribution in [0.4, 0.5) is 0 Å². The van der Waals surface area contributed by atoms with Crippen LogP contribution in [0, 0.1) is 5.92 Å². The average Bonchev–Trinajstić information content (AvgIpc) is 2.38. The van der Waals surface area contributed by atoms with Crippen molar-refractivity contribution < 1.29 is 19.7 Å². The van der Waals surface area contributed by atoms with E-state index in [9.17, 15) is 9.90 Å². The number of carbonyl (C=O) groups is 1. The fourth-order valence-corrected chi connectivity index (χ4v) is 1.95. The number of carboxylic acid groups (broad SMARTS) is 1. The van der Waals surface area contributed by atoms with Gasteiger partial charge in [-0.3, -0.25) is 4.79 Å². The number of hydrogen-bond donors (Lipinski definition) is 3. The minimum absolute atomic E-state index is 0.0977. The Morgan fingerprint density at radius 2 is 2.11 bits per heavy atom. The van der Waals surface area contributed by atoms with Gasteiger partial charge in [0, 0.05) is 6.04 Å². The molecule has 0 saturated carbocycles. The second-order valence-corrected chi connectivity index (χ2v) is 4.77. The highest BCUT2D eigenvalue weighted by molar-refractivity contribution is 5.69. The summed E-state index contributed by atoms with van der Waals surface area (Å²) in [6.45, 7) is 3.69. The number of hydrogen-bond acceptors (Lipinski definition) is 4. The Labute approximate surface area is 113 Å². The van der Waals surface area contributed by atoms with Crippen LogP contribution in [0.15, 0.2) is 24.3 Å². The van der Waals surface area contributed by atoms with Crippen LogP contribution in [-0.4, -0.2) is 35.9 Å². The summed E-state index contributed by atoms with van der Waals surface area (Å²) in [5, 5.41) is 22.0. The van der Waals surface area contributed by atoms with Crippen molar-refractivity contribution in [3.05, 3.63) is 29.8 Å². The summed E-state index contributed by atoms with van der Waals surface area (Å²) in [5.41, 5.74) is 0.705. The Morgan fingerprint density at radius 1 is 1.42 bits per heavy atom. The van der Waals surface area contributed by atoms with E-state index in [1.54, 1.807) is 31.4 Å². The Kier molecular flexibility index (Phi) is 5.79. The monoisotopic (exact) mass is 267 g/mol. The highest BCUT2D eigenvalue weighted by Gasteiger charge is 2.24. The molecule has 1 rings (SSSR count). The van der Waals surface area contributed by atoms with Crippen molar-refractivity contribution in [2.75, 3.05) is 13.7 Å². The lowest BCUT2D eigenvalue weighted by Crippen LogP contribution is -2.41. The molecule has 0 amide bonds. The lowest BCUT2D eigenvalue weighted by molar-refractivity contribution is -0.136. The van der Waals surface area contributed by atoms with Crippen LogP contribution in [0.1, 0.15) is 25.5 Å². The van der Waals surface area contributed by atoms with Gasteiger partial charge >= 0.3 is 5.97 Å². The smallest absolute Gasteiger partial charge is 0.317 e. The van der Waals surface area contributed by atoms with Crippen LogP contribution in [0.25, 0.3) is 0 Å². The molecule has 1 aromatic carbocycles. The molecule has 106 valence electrons. The topological polar surface area (TPSA) is 78.8 Å². The lowest BCUT2D eigenvalue weighted by atomic mass is 9.93. The normalized spacial score (nSPS) is 14.2. The highest BCUT2D eigenvalue weighted by atomic mass is 16.5. The van der Waals surface area contributed by atoms with Crippen molar-refractivity contribution in [1.29, 1.82) is 0 Å². The Balaban J connectivity index is 2.85. The maximum atomic E-state index is 10.6. The van der Waals surface area contributed by atoms with Gasteiger partial charge in [0.05, 0.1) is 19.8 Å². The average molecular weight is 267 g/mol. The molecule has 0 aliphatic heterocycles. The number of aliphatic hydroxyl groups excluding tert-OH is 1. The standard InChI is InChI=1S/C14H21NO4/c1-9(2)13(15-8-12(16)17)14(18)10-5-4-6-11(7-10)19-3/h4-7,9,13-15,18H,8H2,1-3H3,(H,16,17). The van der Waals surface area contributed by atoms with Gasteiger partial charge in [-0.05, 0) is 23.6 Å². The van der Waals surface area contributed by atoms with E-state index in [2.05, 4.69) is 5.32 Å². The molecule has 0 spiro atoms. The van der Waals surface area contributed by atoms with E-state index in [0.29, 0.717) is 11.3 Å². The van der Waals surface area contributed by atoms with E-state index in [0.717, 1.165) is 0 Å². The number of carboxylic acids is 1. The van der Waals surface area contributed by atoms with Gasteiger partial charge in [-0.2, -0.15) is 0 Å². The predicted octanol–water partition coefficient (Wildman–Crippen LogP) is 1.43. The van der Waals surface area contributed by atoms with Crippen LogP contribution in [-0.2, 0) is 4.79 Å². The molecule has 0 bridgehead atoms. The van der Waals surface area contributed by atoms with E-state index in [4.69, 9.17) is 9.84 Å². The molecule has 1 aromatic rings. The summed E-state index contributed by atoms with van der Waals surface area (Å²) in [6, 6.07) is 6.81. The Hall–Kier alpha value is -1.59. The molecular weight excluding hydrogens is 246 g/mol. The first-order chi connectivity index (χ1) is 8.95. The maximum absolute atomic E-state index is 10.6. The van der Waals surface area contributed by atoms with E-state index in [1.807, 2.05) is 13.8 Å². The van der Waals surface area contributed by atoms with Crippen LogP contribution in [0.2, 0.25) is 0 Å². The third-order valence-corrected chi connectivity index (χ3v) is 2.98. The van der Waals surface area contributed by atoms with Gasteiger partial charge in [0.15, 0.2) is 0 Å². The molecule has 0 heterocycles. The number of aliphatic hydroxyl groups is 1. The number of aliphatic carboxylic acids is 1. The minimum Gasteiger partial charge on any atom is -0.497 e. The number of benzene rings is 1. The van der Waals surface area contributed by atoms with Crippen LogP contribution in [0.3, 0.4) is 0 Å². The third-order valence-electron chi connectivity index (χ3n) is 2.98. The molecule has 0 aliphatic carbocycles. The van der Waals surface area contributed by atoms with Crippen molar-refractivity contribution in [2.45, 2.75) is 26.0 Å². The van der Waals surface area contributed by atoms with Gasteiger partial charge < -0.3 is 20.3 Å². The van der Waals surface area contributed by atoms with Gasteiger partial charge in [-0.25, -0.2) is 0 Å². The molecule has 3 N–H and O–H groups in total. The zero-order chi connectivity index (χ0) is 14.4. The molecule has 2 atom stereocenters. The van der Waals surface area contributed by atoms with Gasteiger partial charge in [-0.1, -0.05) is 26.0 Å². The number of ether oxygens (including phenoxy) is 1. The molecule has 0 aromatic heterocycles. The molecular formula is C14H21NO4. The van der Waals surface area contributed by atoms with Crippen molar-refractivity contribution >= 4 is 5.97 Å². The first-order valence-corrected chi connectivity index (χ1v) is 6.23. The van der Waals surface area contributed by atoms with Crippen molar-refractivity contribution in [3.8, 4) is 5.75 Å². The van der Waals surface area contributed by atoms with E-state index >= 15 is 0 Å². The molecule has 0 radical (unpaired) electrons. The maximum Gasteiger partial charge on any atom is 0.317 e. The van der Waals surface area contributed by atoms with Gasteiger partial charge in [0.25, 0.3) is 0 Å². The first kappa shape index (κ1) is 15.5. The Morgan fingerprint density at radius 3 is 2.63 bits per heavy atom. The zero-order valence-electron chi connectivity index (χ0n) is 11.5. The third kappa shape index (κ3) is 4.54. The van der Waals surface area contributed by atoms with Crippen LogP contribution >= 0.6 is 0 Å². The summed E-state index contributed by atoms with van der Waals surface area (Å²) in [5.74, 6) is -0.179. The summed E-state index contributed by atoms with van der Waals surface area (Å²) in [4.78, 5) is 10.6. The molecule has 0 saturated heterocycles. The van der Waals surface area contributed by atoms with Gasteiger partial charge in [0.2, 0.25) is 0 Å². The predicted molar refractivity (Wildman–Crippen MR) is 72.2 cm³/mol. The number of rotatable bonds is 7. The quantitative estimate of drug-likeness (QED) is 0.696. The second-order valence-electron chi connectivity index (χ2n) is 4.77. The fourth-order valence-electron chi connectivity index (χ4n) is 1.95. The number of nitrogens with one attached hydrogen (secondary N) is 1. The summed E-state index contributed by atoms with van der Waals surface area (Å²) < 4.78 is 5.12. The molecule has 2 unspecified atom stereocenters. The molecule has 5 nitrogen and oxygen atoms in total. The summed E-state index contributed by atoms with van der Waals surface area (Å²) >= 11 is 0. The molecule has 5 heteroatoms. The molecule has 19 heavy (non-hydrogen) atoms. The largest absolute Gasteiger partial charge is 0.497 e. The number of methoxy groups -OCH3 is 1. The van der Waals surface area contributed by atoms with E-state index in [-0.39, 0.29) is 18.5 Å². The molecule has 0 fully saturated rings. The van der Waals surface area contributed by atoms with Crippen LogP contribution < -0.4 is 10.1 Å². The Bertz CT molecular complexity index is 420. The van der Waals surface area contributed by atoms with Crippen LogP contribution in [0.5, 0.6) is 5.75 Å². The highest BCUT2D eigenvalue weighted by Crippen LogP contribution is 2.24. The minimum atomic E-state index is -0.941. The van der Waals surface area contributed by atoms with Crippen molar-refractivity contribution in [2.24, 2.45) is 5.92 Å². The first-order valence-electron chi connectivity index (χ1n) is 6.23. The summed E-state index contributed by atoms with van der Waals surface area (Å²) in [7, 11) is 1.56. The lowest BCUT2D eigenvalue weighted by Gasteiger charge is -2.27. The second kappa shape index (κ2) is 7.11. The summed E-state index contributed by atoms with van der Waals surface area (Å²) in [6.07, 6.45) is -0.783. The van der Waals surface area contributed by atoms with Crippen molar-refractivity contribution in [1.82, 2.24) is 5.32 Å². The van der Waals surface area contributed by atoms with E-state index in [1.165, 1.54) is 0 Å². The van der Waals surface area contributed by atoms with Crippen molar-refractivity contribution in [3.63, 3.8) is 0 Å². The SMILES string of the molecule is COc1cccc(C(O)C(NCC(=O)O)C(C)C)c1. The van der Waals surface area contributed by atoms with Gasteiger partial charge in [-0.15, -0.1) is 0 Å². The molecule has 0 aliphatic rings. The fraction of sp³-hybridized carbons (Fsp3) is 0.500.